The highest BCUT2D eigenvalue weighted by atomic mass is 19.1. The Morgan fingerprint density at radius 1 is 0.939 bits per heavy atom. The largest absolute Gasteiger partial charge is 0.306 e. The molecular weight excluding hydrogens is 413 g/mol. The van der Waals surface area contributed by atoms with Gasteiger partial charge in [0.2, 0.25) is 0 Å². The number of hydrogen-bond donors (Lipinski definition) is 1. The fourth-order valence-corrected chi connectivity index (χ4v) is 4.10. The molecule has 5 rings (SSSR count). The Morgan fingerprint density at radius 3 is 2.52 bits per heavy atom. The summed E-state index contributed by atoms with van der Waals surface area (Å²) in [7, 11) is 0. The van der Waals surface area contributed by atoms with Crippen LogP contribution in [0.1, 0.15) is 29.8 Å². The molecule has 0 spiro atoms. The first-order valence-electron chi connectivity index (χ1n) is 10.9. The molecule has 5 aromatic rings. The quantitative estimate of drug-likeness (QED) is 0.366. The summed E-state index contributed by atoms with van der Waals surface area (Å²) in [5, 5.41) is 10.3. The Morgan fingerprint density at radius 2 is 1.70 bits per heavy atom. The zero-order valence-electron chi connectivity index (χ0n) is 18.5. The van der Waals surface area contributed by atoms with Gasteiger partial charge in [-0.2, -0.15) is 5.10 Å². The minimum Gasteiger partial charge on any atom is -0.306 e. The van der Waals surface area contributed by atoms with Crippen LogP contribution in [0.2, 0.25) is 0 Å². The Hall–Kier alpha value is -3.90. The van der Waals surface area contributed by atoms with Crippen molar-refractivity contribution in [2.75, 3.05) is 0 Å². The molecule has 0 radical (unpaired) electrons. The first kappa shape index (κ1) is 21.0. The molecule has 0 amide bonds. The highest BCUT2D eigenvalue weighted by Crippen LogP contribution is 2.26. The molecule has 0 aliphatic carbocycles. The molecule has 0 fully saturated rings. The maximum absolute atomic E-state index is 13.6. The third kappa shape index (κ3) is 4.25. The van der Waals surface area contributed by atoms with Crippen molar-refractivity contribution in [3.63, 3.8) is 0 Å². The van der Waals surface area contributed by atoms with Crippen LogP contribution < -0.4 is 5.32 Å². The van der Waals surface area contributed by atoms with E-state index in [9.17, 15) is 4.39 Å². The maximum Gasteiger partial charge on any atom is 0.159 e. The SMILES string of the molecule is Cc1c([C@H](C)NCc2cnc(-c3cccc4ccccc34)nc2)cnn1-c1cccc(F)c1. The summed E-state index contributed by atoms with van der Waals surface area (Å²) in [6, 6.07) is 20.9. The number of nitrogens with zero attached hydrogens (tertiary/aromatic N) is 4. The molecule has 0 unspecified atom stereocenters. The fourth-order valence-electron chi connectivity index (χ4n) is 4.10. The average Bonchev–Trinajstić information content (AvgIpc) is 3.24. The fraction of sp³-hybridized carbons (Fsp3) is 0.148. The summed E-state index contributed by atoms with van der Waals surface area (Å²) < 4.78 is 15.4. The van der Waals surface area contributed by atoms with Crippen LogP contribution in [0, 0.1) is 12.7 Å². The number of halogens is 1. The molecule has 0 saturated carbocycles. The molecule has 2 heterocycles. The van der Waals surface area contributed by atoms with Crippen LogP contribution in [0.25, 0.3) is 27.8 Å². The van der Waals surface area contributed by atoms with E-state index in [2.05, 4.69) is 51.6 Å². The van der Waals surface area contributed by atoms with Crippen molar-refractivity contribution in [3.8, 4) is 17.1 Å². The zero-order chi connectivity index (χ0) is 22.8. The summed E-state index contributed by atoms with van der Waals surface area (Å²) in [4.78, 5) is 9.23. The molecule has 5 nitrogen and oxygen atoms in total. The molecule has 2 aromatic heterocycles. The van der Waals surface area contributed by atoms with E-state index < -0.39 is 0 Å². The molecular formula is C27H24FN5. The lowest BCUT2D eigenvalue weighted by atomic mass is 10.0. The van der Waals surface area contributed by atoms with Crippen molar-refractivity contribution in [1.29, 1.82) is 0 Å². The van der Waals surface area contributed by atoms with Crippen molar-refractivity contribution in [3.05, 3.63) is 108 Å². The van der Waals surface area contributed by atoms with Crippen molar-refractivity contribution < 1.29 is 4.39 Å². The molecule has 164 valence electrons. The van der Waals surface area contributed by atoms with Crippen LogP contribution >= 0.6 is 0 Å². The van der Waals surface area contributed by atoms with Crippen LogP contribution in [0.15, 0.2) is 85.3 Å². The average molecular weight is 438 g/mol. The minimum atomic E-state index is -0.276. The first-order chi connectivity index (χ1) is 16.1. The molecule has 1 atom stereocenters. The third-order valence-corrected chi connectivity index (χ3v) is 5.92. The first-order valence-corrected chi connectivity index (χ1v) is 10.9. The predicted molar refractivity (Wildman–Crippen MR) is 128 cm³/mol. The number of rotatable bonds is 6. The zero-order valence-corrected chi connectivity index (χ0v) is 18.5. The van der Waals surface area contributed by atoms with E-state index in [4.69, 9.17) is 0 Å². The van der Waals surface area contributed by atoms with Crippen LogP contribution in [0.4, 0.5) is 4.39 Å². The molecule has 3 aromatic carbocycles. The summed E-state index contributed by atoms with van der Waals surface area (Å²) in [5.74, 6) is 0.442. The molecule has 1 N–H and O–H groups in total. The predicted octanol–water partition coefficient (Wildman–Crippen LogP) is 5.78. The number of aromatic nitrogens is 4. The monoisotopic (exact) mass is 437 g/mol. The van der Waals surface area contributed by atoms with E-state index in [1.807, 2.05) is 49.8 Å². The van der Waals surface area contributed by atoms with Gasteiger partial charge in [-0.3, -0.25) is 0 Å². The minimum absolute atomic E-state index is 0.0602. The number of benzene rings is 3. The Labute approximate surface area is 192 Å². The lowest BCUT2D eigenvalue weighted by Crippen LogP contribution is -2.19. The number of hydrogen-bond acceptors (Lipinski definition) is 4. The molecule has 0 bridgehead atoms. The van der Waals surface area contributed by atoms with E-state index in [0.717, 1.165) is 33.6 Å². The number of nitrogens with one attached hydrogen (secondary N) is 1. The smallest absolute Gasteiger partial charge is 0.159 e. The van der Waals surface area contributed by atoms with Gasteiger partial charge in [-0.25, -0.2) is 19.0 Å². The summed E-state index contributed by atoms with van der Waals surface area (Å²) in [6.45, 7) is 4.71. The van der Waals surface area contributed by atoms with Crippen molar-refractivity contribution in [2.24, 2.45) is 0 Å². The van der Waals surface area contributed by atoms with Crippen LogP contribution in [0.3, 0.4) is 0 Å². The van der Waals surface area contributed by atoms with Gasteiger partial charge in [0.05, 0.1) is 11.9 Å². The molecule has 0 aliphatic heterocycles. The van der Waals surface area contributed by atoms with E-state index in [1.54, 1.807) is 10.7 Å². The number of fused-ring (bicyclic) bond motifs is 1. The second kappa shape index (κ2) is 8.92. The molecule has 0 aliphatic rings. The lowest BCUT2D eigenvalue weighted by molar-refractivity contribution is 0.570. The molecule has 33 heavy (non-hydrogen) atoms. The summed E-state index contributed by atoms with van der Waals surface area (Å²) >= 11 is 0. The normalized spacial score (nSPS) is 12.2. The third-order valence-electron chi connectivity index (χ3n) is 5.92. The Bertz CT molecular complexity index is 1400. The van der Waals surface area contributed by atoms with Gasteiger partial charge in [-0.1, -0.05) is 48.5 Å². The Kier molecular flexibility index (Phi) is 5.67. The van der Waals surface area contributed by atoms with Crippen LogP contribution in [0.5, 0.6) is 0 Å². The second-order valence-corrected chi connectivity index (χ2v) is 8.12. The van der Waals surface area contributed by atoms with Gasteiger partial charge in [0.15, 0.2) is 5.82 Å². The summed E-state index contributed by atoms with van der Waals surface area (Å²) in [5.41, 5.74) is 4.78. The topological polar surface area (TPSA) is 55.6 Å². The Balaban J connectivity index is 1.29. The van der Waals surface area contributed by atoms with Gasteiger partial charge in [-0.05, 0) is 42.8 Å². The highest BCUT2D eigenvalue weighted by Gasteiger charge is 2.15. The standard InChI is InChI=1S/C27H24FN5/c1-18(26-17-32-33(19(26)2)23-10-6-9-22(28)13-23)29-14-20-15-30-27(31-16-20)25-12-5-8-21-7-3-4-11-24(21)25/h3-13,15-18,29H,14H2,1-2H3/t18-/m0/s1. The van der Waals surface area contributed by atoms with Crippen molar-refractivity contribution in [2.45, 2.75) is 26.4 Å². The van der Waals surface area contributed by atoms with Crippen molar-refractivity contribution in [1.82, 2.24) is 25.1 Å². The van der Waals surface area contributed by atoms with Gasteiger partial charge in [0, 0.05) is 47.4 Å². The molecule has 6 heteroatoms. The highest BCUT2D eigenvalue weighted by molar-refractivity contribution is 5.94. The van der Waals surface area contributed by atoms with Crippen LogP contribution in [-0.2, 0) is 6.54 Å². The van der Waals surface area contributed by atoms with Crippen LogP contribution in [-0.4, -0.2) is 19.7 Å². The van der Waals surface area contributed by atoms with Gasteiger partial charge in [0.25, 0.3) is 0 Å². The van der Waals surface area contributed by atoms with E-state index in [1.165, 1.54) is 17.5 Å². The summed E-state index contributed by atoms with van der Waals surface area (Å²) in [6.07, 6.45) is 5.57. The second-order valence-electron chi connectivity index (χ2n) is 8.12. The van der Waals surface area contributed by atoms with E-state index in [-0.39, 0.29) is 11.9 Å². The maximum atomic E-state index is 13.6. The lowest BCUT2D eigenvalue weighted by Gasteiger charge is -2.14. The van der Waals surface area contributed by atoms with Gasteiger partial charge >= 0.3 is 0 Å². The van der Waals surface area contributed by atoms with Gasteiger partial charge in [-0.15, -0.1) is 0 Å². The van der Waals surface area contributed by atoms with Gasteiger partial charge < -0.3 is 5.32 Å². The van der Waals surface area contributed by atoms with E-state index in [0.29, 0.717) is 12.2 Å². The van der Waals surface area contributed by atoms with E-state index >= 15 is 0 Å². The van der Waals surface area contributed by atoms with Gasteiger partial charge in [0.1, 0.15) is 5.82 Å². The molecule has 0 saturated heterocycles. The van der Waals surface area contributed by atoms with Crippen molar-refractivity contribution >= 4 is 10.8 Å².